The van der Waals surface area contributed by atoms with Gasteiger partial charge in [-0.2, -0.15) is 5.26 Å². The van der Waals surface area contributed by atoms with Crippen LogP contribution in [0.25, 0.3) is 39.3 Å². The number of pyridine rings is 1. The van der Waals surface area contributed by atoms with Gasteiger partial charge in [-0.3, -0.25) is 9.98 Å². The maximum Gasteiger partial charge on any atom is 0.0993 e. The fourth-order valence-electron chi connectivity index (χ4n) is 5.61. The van der Waals surface area contributed by atoms with Crippen molar-refractivity contribution in [2.45, 2.75) is 19.3 Å². The minimum Gasteiger partial charge on any atom is -0.308 e. The Balaban J connectivity index is 1.55. The molecule has 5 aromatic rings. The Morgan fingerprint density at radius 2 is 1.65 bits per heavy atom. The van der Waals surface area contributed by atoms with Crippen LogP contribution in [0.1, 0.15) is 34.5 Å². The molecule has 0 radical (unpaired) electrons. The number of fused-ring (bicyclic) bond motifs is 6. The molecule has 0 unspecified atom stereocenters. The van der Waals surface area contributed by atoms with Crippen LogP contribution in [-0.2, 0) is 12.8 Å². The zero-order valence-electron chi connectivity index (χ0n) is 18.6. The molecule has 0 spiro atoms. The van der Waals surface area contributed by atoms with E-state index in [9.17, 15) is 5.26 Å². The van der Waals surface area contributed by atoms with Gasteiger partial charge in [0.25, 0.3) is 0 Å². The van der Waals surface area contributed by atoms with Crippen molar-refractivity contribution >= 4 is 34.1 Å². The van der Waals surface area contributed by atoms with Crippen molar-refractivity contribution in [3.05, 3.63) is 95.1 Å². The van der Waals surface area contributed by atoms with Gasteiger partial charge in [0.05, 0.1) is 34.6 Å². The Labute approximate surface area is 196 Å². The standard InChI is InChI=1S/C29H21N5/c30-16-19-13-20(33-26-7-3-1-5-22(26)24-9-11-31-17-28(24)33)15-21(14-19)34-27-8-4-2-6-23(27)25-10-12-32-18-29(25)34/h1,3-5,7-8,10,12-15,17-18H,2,6,9,11H2. The van der Waals surface area contributed by atoms with Crippen LogP contribution in [0, 0.1) is 11.3 Å². The van der Waals surface area contributed by atoms with E-state index in [1.54, 1.807) is 0 Å². The molecule has 2 aromatic carbocycles. The average Bonchev–Trinajstić information content (AvgIpc) is 3.42. The van der Waals surface area contributed by atoms with E-state index in [0.29, 0.717) is 5.56 Å². The molecule has 162 valence electrons. The first kappa shape index (κ1) is 19.1. The Morgan fingerprint density at radius 1 is 0.853 bits per heavy atom. The molecule has 2 aliphatic rings. The number of nitrogens with zero attached hydrogens (tertiary/aromatic N) is 5. The lowest BCUT2D eigenvalue weighted by Crippen LogP contribution is -2.08. The summed E-state index contributed by atoms with van der Waals surface area (Å²) in [5.74, 6) is 0. The molecule has 0 saturated heterocycles. The molecule has 4 heterocycles. The number of nitriles is 1. The molecule has 3 aromatic heterocycles. The summed E-state index contributed by atoms with van der Waals surface area (Å²) in [5, 5.41) is 12.4. The molecule has 34 heavy (non-hydrogen) atoms. The molecule has 0 atom stereocenters. The van der Waals surface area contributed by atoms with Gasteiger partial charge in [0.15, 0.2) is 0 Å². The van der Waals surface area contributed by atoms with Gasteiger partial charge >= 0.3 is 0 Å². The summed E-state index contributed by atoms with van der Waals surface area (Å²) in [6.45, 7) is 0.811. The van der Waals surface area contributed by atoms with Crippen molar-refractivity contribution in [3.63, 3.8) is 0 Å². The first-order valence-corrected chi connectivity index (χ1v) is 11.7. The van der Waals surface area contributed by atoms with Crippen molar-refractivity contribution in [2.75, 3.05) is 6.54 Å². The topological polar surface area (TPSA) is 58.9 Å². The third-order valence-corrected chi connectivity index (χ3v) is 7.03. The highest BCUT2D eigenvalue weighted by Gasteiger charge is 2.22. The van der Waals surface area contributed by atoms with Gasteiger partial charge in [0.2, 0.25) is 0 Å². The third-order valence-electron chi connectivity index (χ3n) is 7.03. The molecule has 0 fully saturated rings. The highest BCUT2D eigenvalue weighted by atomic mass is 15.0. The van der Waals surface area contributed by atoms with Gasteiger partial charge in [-0.1, -0.05) is 24.3 Å². The minimum atomic E-state index is 0.631. The lowest BCUT2D eigenvalue weighted by Gasteiger charge is -2.16. The predicted molar refractivity (Wildman–Crippen MR) is 136 cm³/mol. The number of hydrogen-bond acceptors (Lipinski definition) is 3. The number of hydrogen-bond donors (Lipinski definition) is 0. The van der Waals surface area contributed by atoms with Crippen LogP contribution in [0.4, 0.5) is 0 Å². The quantitative estimate of drug-likeness (QED) is 0.350. The highest BCUT2D eigenvalue weighted by molar-refractivity contribution is 5.97. The lowest BCUT2D eigenvalue weighted by atomic mass is 10.0. The Morgan fingerprint density at radius 3 is 2.53 bits per heavy atom. The second-order valence-corrected chi connectivity index (χ2v) is 8.88. The molecule has 0 saturated carbocycles. The van der Waals surface area contributed by atoms with E-state index < -0.39 is 0 Å². The molecule has 5 nitrogen and oxygen atoms in total. The first-order chi connectivity index (χ1) is 16.8. The fourth-order valence-corrected chi connectivity index (χ4v) is 5.61. The van der Waals surface area contributed by atoms with Gasteiger partial charge in [0, 0.05) is 46.8 Å². The molecule has 0 bridgehead atoms. The summed E-state index contributed by atoms with van der Waals surface area (Å²) in [4.78, 5) is 9.00. The smallest absolute Gasteiger partial charge is 0.0993 e. The maximum atomic E-state index is 9.96. The van der Waals surface area contributed by atoms with Gasteiger partial charge < -0.3 is 9.13 Å². The first-order valence-electron chi connectivity index (χ1n) is 11.7. The summed E-state index contributed by atoms with van der Waals surface area (Å²) in [6, 6.07) is 19.1. The number of benzene rings is 2. The molecule has 0 amide bonds. The van der Waals surface area contributed by atoms with Gasteiger partial charge in [-0.15, -0.1) is 0 Å². The Kier molecular flexibility index (Phi) is 4.09. The Bertz CT molecular complexity index is 1600. The number of rotatable bonds is 2. The third kappa shape index (κ3) is 2.66. The maximum absolute atomic E-state index is 9.96. The molecular formula is C29H21N5. The van der Waals surface area contributed by atoms with Crippen LogP contribution >= 0.6 is 0 Å². The van der Waals surface area contributed by atoms with E-state index >= 15 is 0 Å². The highest BCUT2D eigenvalue weighted by Crippen LogP contribution is 2.36. The van der Waals surface area contributed by atoms with Crippen molar-refractivity contribution in [3.8, 4) is 17.4 Å². The fraction of sp³-hybridized carbons (Fsp3) is 0.138. The summed E-state index contributed by atoms with van der Waals surface area (Å²) < 4.78 is 4.51. The largest absolute Gasteiger partial charge is 0.308 e. The molecule has 1 aliphatic heterocycles. The summed E-state index contributed by atoms with van der Waals surface area (Å²) in [7, 11) is 0. The number of aryl methyl sites for hydroxylation is 1. The van der Waals surface area contributed by atoms with Crippen molar-refractivity contribution < 1.29 is 0 Å². The summed E-state index contributed by atoms with van der Waals surface area (Å²) in [6.07, 6.45) is 13.2. The zero-order chi connectivity index (χ0) is 22.6. The van der Waals surface area contributed by atoms with Crippen molar-refractivity contribution in [2.24, 2.45) is 4.99 Å². The predicted octanol–water partition coefficient (Wildman–Crippen LogP) is 5.78. The monoisotopic (exact) mass is 439 g/mol. The molecule has 5 heteroatoms. The second-order valence-electron chi connectivity index (χ2n) is 8.88. The number of aromatic nitrogens is 3. The molecular weight excluding hydrogens is 418 g/mol. The lowest BCUT2D eigenvalue weighted by molar-refractivity contribution is 0.938. The zero-order valence-corrected chi connectivity index (χ0v) is 18.6. The van der Waals surface area contributed by atoms with E-state index in [1.165, 1.54) is 27.6 Å². The Hall–Kier alpha value is -4.43. The van der Waals surface area contributed by atoms with Crippen molar-refractivity contribution in [1.82, 2.24) is 14.1 Å². The number of aliphatic imine (C=N–C) groups is 1. The van der Waals surface area contributed by atoms with Crippen LogP contribution < -0.4 is 0 Å². The van der Waals surface area contributed by atoms with E-state index in [-0.39, 0.29) is 0 Å². The van der Waals surface area contributed by atoms with E-state index in [2.05, 4.69) is 73.7 Å². The summed E-state index contributed by atoms with van der Waals surface area (Å²) in [5.41, 5.74) is 9.74. The van der Waals surface area contributed by atoms with Crippen LogP contribution in [0.15, 0.2) is 72.0 Å². The van der Waals surface area contributed by atoms with Crippen LogP contribution in [0.3, 0.4) is 0 Å². The van der Waals surface area contributed by atoms with Gasteiger partial charge in [-0.05, 0) is 66.8 Å². The number of para-hydroxylation sites is 1. The molecule has 7 rings (SSSR count). The van der Waals surface area contributed by atoms with E-state index in [1.807, 2.05) is 30.7 Å². The average molecular weight is 440 g/mol. The van der Waals surface area contributed by atoms with Crippen LogP contribution in [0.2, 0.25) is 0 Å². The van der Waals surface area contributed by atoms with Crippen molar-refractivity contribution in [1.29, 1.82) is 5.26 Å². The van der Waals surface area contributed by atoms with Crippen LogP contribution in [-0.4, -0.2) is 26.9 Å². The second kappa shape index (κ2) is 7.29. The molecule has 0 N–H and O–H groups in total. The van der Waals surface area contributed by atoms with E-state index in [0.717, 1.165) is 53.9 Å². The van der Waals surface area contributed by atoms with Crippen LogP contribution in [0.5, 0.6) is 0 Å². The molecule has 1 aliphatic carbocycles. The minimum absolute atomic E-state index is 0.631. The number of allylic oxidation sites excluding steroid dienone is 1. The van der Waals surface area contributed by atoms with Gasteiger partial charge in [-0.25, -0.2) is 0 Å². The normalized spacial score (nSPS) is 14.3. The van der Waals surface area contributed by atoms with Gasteiger partial charge in [0.1, 0.15) is 0 Å². The van der Waals surface area contributed by atoms with E-state index in [4.69, 9.17) is 0 Å². The summed E-state index contributed by atoms with van der Waals surface area (Å²) >= 11 is 0. The SMILES string of the molecule is N#Cc1cc(-n2c3c(c4ccncc42)CCC=C3)cc(-n2c3c(c4ccccc42)CCN=C3)c1.